The maximum atomic E-state index is 13.5. The van der Waals surface area contributed by atoms with E-state index in [1.165, 1.54) is 6.07 Å². The monoisotopic (exact) mass is 280 g/mol. The number of benzene rings is 1. The molecule has 0 aliphatic carbocycles. The molecular formula is C14H17FN2O3. The molecule has 0 spiro atoms. The number of carbonyl (C=O) groups is 2. The van der Waals surface area contributed by atoms with Crippen molar-refractivity contribution in [3.05, 3.63) is 29.6 Å². The average Bonchev–Trinajstić information content (AvgIpc) is 2.69. The van der Waals surface area contributed by atoms with Crippen LogP contribution in [-0.4, -0.2) is 35.1 Å². The van der Waals surface area contributed by atoms with E-state index in [1.807, 2.05) is 0 Å². The van der Waals surface area contributed by atoms with E-state index in [4.69, 9.17) is 5.11 Å². The molecule has 2 amide bonds. The van der Waals surface area contributed by atoms with Gasteiger partial charge in [0.25, 0.3) is 0 Å². The van der Waals surface area contributed by atoms with Gasteiger partial charge in [0.2, 0.25) is 0 Å². The zero-order valence-electron chi connectivity index (χ0n) is 11.4. The zero-order chi connectivity index (χ0) is 14.9. The lowest BCUT2D eigenvalue weighted by Gasteiger charge is -2.17. The molecular weight excluding hydrogens is 263 g/mol. The van der Waals surface area contributed by atoms with Crippen LogP contribution < -0.4 is 5.32 Å². The molecule has 20 heavy (non-hydrogen) atoms. The first-order valence-electron chi connectivity index (χ1n) is 6.47. The minimum Gasteiger partial charge on any atom is -0.478 e. The Hall–Kier alpha value is -2.11. The predicted octanol–water partition coefficient (Wildman–Crippen LogP) is 2.64. The minimum absolute atomic E-state index is 0.254. The van der Waals surface area contributed by atoms with Gasteiger partial charge in [-0.25, -0.2) is 14.0 Å². The number of hydrogen-bond donors (Lipinski definition) is 2. The van der Waals surface area contributed by atoms with E-state index in [0.717, 1.165) is 12.1 Å². The quantitative estimate of drug-likeness (QED) is 0.875. The summed E-state index contributed by atoms with van der Waals surface area (Å²) >= 11 is 0. The summed E-state index contributed by atoms with van der Waals surface area (Å²) in [5, 5.41) is 11.3. The van der Waals surface area contributed by atoms with Gasteiger partial charge in [-0.2, -0.15) is 0 Å². The first kappa shape index (κ1) is 14.3. The summed E-state index contributed by atoms with van der Waals surface area (Å²) in [5.41, 5.74) is -0.156. The van der Waals surface area contributed by atoms with Crippen LogP contribution in [0.4, 0.5) is 14.9 Å². The minimum atomic E-state index is -1.33. The van der Waals surface area contributed by atoms with Crippen molar-refractivity contribution >= 4 is 17.7 Å². The molecule has 0 aromatic heterocycles. The summed E-state index contributed by atoms with van der Waals surface area (Å²) in [6, 6.07) is 3.25. The van der Waals surface area contributed by atoms with Gasteiger partial charge < -0.3 is 15.3 Å². The summed E-state index contributed by atoms with van der Waals surface area (Å²) in [6.45, 7) is 5.50. The number of urea groups is 1. The number of likely N-dealkylation sites (tertiary alicyclic amines) is 1. The smallest absolute Gasteiger partial charge is 0.338 e. The maximum Gasteiger partial charge on any atom is 0.338 e. The lowest BCUT2D eigenvalue weighted by atomic mass is 10.0. The van der Waals surface area contributed by atoms with Crippen molar-refractivity contribution < 1.29 is 19.1 Å². The van der Waals surface area contributed by atoms with Gasteiger partial charge in [0.1, 0.15) is 5.82 Å². The molecule has 1 aliphatic heterocycles. The SMILES string of the molecule is CC1CN(C(=O)Nc2ccc(C(=O)O)c(F)c2)CC1C. The van der Waals surface area contributed by atoms with E-state index in [-0.39, 0.29) is 11.7 Å². The molecule has 1 aromatic rings. The number of aromatic carboxylic acids is 1. The van der Waals surface area contributed by atoms with Gasteiger partial charge in [-0.15, -0.1) is 0 Å². The molecule has 6 heteroatoms. The first-order chi connectivity index (χ1) is 9.38. The van der Waals surface area contributed by atoms with Crippen LogP contribution in [0.2, 0.25) is 0 Å². The second-order valence-corrected chi connectivity index (χ2v) is 5.29. The van der Waals surface area contributed by atoms with Crippen LogP contribution in [0.15, 0.2) is 18.2 Å². The highest BCUT2D eigenvalue weighted by Crippen LogP contribution is 2.23. The van der Waals surface area contributed by atoms with Crippen LogP contribution in [0.3, 0.4) is 0 Å². The maximum absolute atomic E-state index is 13.5. The van der Waals surface area contributed by atoms with Crippen LogP contribution in [0.5, 0.6) is 0 Å². The van der Waals surface area contributed by atoms with Gasteiger partial charge in [0.15, 0.2) is 0 Å². The second kappa shape index (κ2) is 5.48. The van der Waals surface area contributed by atoms with Crippen molar-refractivity contribution in [1.82, 2.24) is 4.90 Å². The summed E-state index contributed by atoms with van der Waals surface area (Å²) < 4.78 is 13.5. The van der Waals surface area contributed by atoms with Crippen molar-refractivity contribution in [2.75, 3.05) is 18.4 Å². The molecule has 0 bridgehead atoms. The van der Waals surface area contributed by atoms with Crippen molar-refractivity contribution in [1.29, 1.82) is 0 Å². The summed E-state index contributed by atoms with van der Waals surface area (Å²) in [6.07, 6.45) is 0. The Morgan fingerprint density at radius 3 is 2.40 bits per heavy atom. The largest absolute Gasteiger partial charge is 0.478 e. The molecule has 1 aromatic carbocycles. The van der Waals surface area contributed by atoms with Crippen molar-refractivity contribution in [2.45, 2.75) is 13.8 Å². The number of carbonyl (C=O) groups excluding carboxylic acids is 1. The van der Waals surface area contributed by atoms with E-state index >= 15 is 0 Å². The number of hydrogen-bond acceptors (Lipinski definition) is 2. The Balaban J connectivity index is 2.05. The van der Waals surface area contributed by atoms with Crippen LogP contribution in [0.25, 0.3) is 0 Å². The predicted molar refractivity (Wildman–Crippen MR) is 72.3 cm³/mol. The zero-order valence-corrected chi connectivity index (χ0v) is 11.4. The lowest BCUT2D eigenvalue weighted by molar-refractivity contribution is 0.0692. The molecule has 5 nitrogen and oxygen atoms in total. The molecule has 0 radical (unpaired) electrons. The average molecular weight is 280 g/mol. The van der Waals surface area contributed by atoms with Crippen LogP contribution in [0.1, 0.15) is 24.2 Å². The topological polar surface area (TPSA) is 69.6 Å². The third-order valence-electron chi connectivity index (χ3n) is 3.73. The fourth-order valence-corrected chi connectivity index (χ4v) is 2.26. The molecule has 1 heterocycles. The molecule has 1 saturated heterocycles. The van der Waals surface area contributed by atoms with Crippen molar-refractivity contribution in [3.8, 4) is 0 Å². The lowest BCUT2D eigenvalue weighted by Crippen LogP contribution is -2.33. The second-order valence-electron chi connectivity index (χ2n) is 5.29. The van der Waals surface area contributed by atoms with Gasteiger partial charge in [-0.3, -0.25) is 0 Å². The highest BCUT2D eigenvalue weighted by molar-refractivity contribution is 5.92. The highest BCUT2D eigenvalue weighted by Gasteiger charge is 2.29. The van der Waals surface area contributed by atoms with Gasteiger partial charge >= 0.3 is 12.0 Å². The molecule has 2 unspecified atom stereocenters. The van der Waals surface area contributed by atoms with E-state index in [9.17, 15) is 14.0 Å². The summed E-state index contributed by atoms with van der Waals surface area (Å²) in [5.74, 6) is -1.32. The highest BCUT2D eigenvalue weighted by atomic mass is 19.1. The van der Waals surface area contributed by atoms with Gasteiger partial charge in [-0.05, 0) is 30.0 Å². The third-order valence-corrected chi connectivity index (χ3v) is 3.73. The molecule has 1 aliphatic rings. The normalized spacial score (nSPS) is 21.9. The Kier molecular flexibility index (Phi) is 3.92. The summed E-state index contributed by atoms with van der Waals surface area (Å²) in [4.78, 5) is 24.4. The Morgan fingerprint density at radius 2 is 1.90 bits per heavy atom. The van der Waals surface area contributed by atoms with E-state index < -0.39 is 17.3 Å². The van der Waals surface area contributed by atoms with E-state index in [1.54, 1.807) is 4.90 Å². The first-order valence-corrected chi connectivity index (χ1v) is 6.47. The van der Waals surface area contributed by atoms with Crippen LogP contribution in [0, 0.1) is 17.7 Å². The molecule has 108 valence electrons. The van der Waals surface area contributed by atoms with Gasteiger partial charge in [0.05, 0.1) is 5.56 Å². The third kappa shape index (κ3) is 2.89. The van der Waals surface area contributed by atoms with Gasteiger partial charge in [0, 0.05) is 18.8 Å². The molecule has 2 N–H and O–H groups in total. The number of anilines is 1. The molecule has 0 saturated carbocycles. The van der Waals surface area contributed by atoms with Crippen LogP contribution in [-0.2, 0) is 0 Å². The van der Waals surface area contributed by atoms with E-state index in [2.05, 4.69) is 19.2 Å². The summed E-state index contributed by atoms with van der Waals surface area (Å²) in [7, 11) is 0. The number of nitrogens with one attached hydrogen (secondary N) is 1. The molecule has 2 atom stereocenters. The number of carboxylic acids is 1. The Morgan fingerprint density at radius 1 is 1.30 bits per heavy atom. The molecule has 1 fully saturated rings. The number of halogens is 1. The fourth-order valence-electron chi connectivity index (χ4n) is 2.26. The number of amides is 2. The number of rotatable bonds is 2. The van der Waals surface area contributed by atoms with E-state index in [0.29, 0.717) is 24.9 Å². The van der Waals surface area contributed by atoms with Crippen molar-refractivity contribution in [3.63, 3.8) is 0 Å². The molecule has 2 rings (SSSR count). The number of nitrogens with zero attached hydrogens (tertiary/aromatic N) is 1. The van der Waals surface area contributed by atoms with Crippen LogP contribution >= 0.6 is 0 Å². The van der Waals surface area contributed by atoms with Crippen molar-refractivity contribution in [2.24, 2.45) is 11.8 Å². The standard InChI is InChI=1S/C14H17FN2O3/c1-8-6-17(7-9(8)2)14(20)16-10-3-4-11(13(18)19)12(15)5-10/h3-5,8-9H,6-7H2,1-2H3,(H,16,20)(H,18,19). The van der Waals surface area contributed by atoms with Gasteiger partial charge in [-0.1, -0.05) is 13.8 Å². The number of carboxylic acid groups (broad SMARTS) is 1. The fraction of sp³-hybridized carbons (Fsp3) is 0.429. The Bertz CT molecular complexity index is 537. The Labute approximate surface area is 116 Å².